The molecule has 0 spiro atoms. The summed E-state index contributed by atoms with van der Waals surface area (Å²) in [5.74, 6) is 0. The van der Waals surface area contributed by atoms with E-state index < -0.39 is 0 Å². The van der Waals surface area contributed by atoms with Gasteiger partial charge in [-0.3, -0.25) is 9.58 Å². The van der Waals surface area contributed by atoms with Crippen LogP contribution in [0.25, 0.3) is 0 Å². The summed E-state index contributed by atoms with van der Waals surface area (Å²) in [6.07, 6.45) is 11.0. The zero-order chi connectivity index (χ0) is 15.9. The van der Waals surface area contributed by atoms with Crippen molar-refractivity contribution in [3.8, 4) is 0 Å². The van der Waals surface area contributed by atoms with Crippen molar-refractivity contribution in [2.75, 3.05) is 13.1 Å². The van der Waals surface area contributed by atoms with Crippen LogP contribution in [0.5, 0.6) is 0 Å². The SMILES string of the molecule is CCn1nccc1CN(Cc1cncnc1)[C@@H]1CCCNCC1. The van der Waals surface area contributed by atoms with Gasteiger partial charge in [0, 0.05) is 49.8 Å². The average molecular weight is 314 g/mol. The van der Waals surface area contributed by atoms with Crippen LogP contribution in [0.2, 0.25) is 0 Å². The molecule has 0 amide bonds. The third kappa shape index (κ3) is 4.36. The number of aromatic nitrogens is 4. The number of rotatable bonds is 6. The molecule has 1 saturated heterocycles. The average Bonchev–Trinajstić information content (AvgIpc) is 2.86. The summed E-state index contributed by atoms with van der Waals surface area (Å²) in [5, 5.41) is 7.92. The maximum Gasteiger partial charge on any atom is 0.115 e. The smallest absolute Gasteiger partial charge is 0.115 e. The van der Waals surface area contributed by atoms with Gasteiger partial charge in [0.05, 0.1) is 5.69 Å². The van der Waals surface area contributed by atoms with Gasteiger partial charge >= 0.3 is 0 Å². The highest BCUT2D eigenvalue weighted by Crippen LogP contribution is 2.19. The molecule has 0 radical (unpaired) electrons. The molecule has 1 atom stereocenters. The second kappa shape index (κ2) is 8.17. The second-order valence-electron chi connectivity index (χ2n) is 6.12. The first-order chi connectivity index (χ1) is 11.4. The lowest BCUT2D eigenvalue weighted by molar-refractivity contribution is 0.159. The number of nitrogens with zero attached hydrogens (tertiary/aromatic N) is 5. The van der Waals surface area contributed by atoms with Gasteiger partial charge in [-0.05, 0) is 45.3 Å². The highest BCUT2D eigenvalue weighted by molar-refractivity contribution is 5.05. The molecule has 1 aliphatic rings. The molecule has 23 heavy (non-hydrogen) atoms. The Bertz CT molecular complexity index is 574. The van der Waals surface area contributed by atoms with Crippen molar-refractivity contribution in [1.29, 1.82) is 0 Å². The van der Waals surface area contributed by atoms with Crippen molar-refractivity contribution in [3.63, 3.8) is 0 Å². The van der Waals surface area contributed by atoms with Crippen LogP contribution < -0.4 is 5.32 Å². The van der Waals surface area contributed by atoms with E-state index in [0.717, 1.165) is 32.7 Å². The number of hydrogen-bond donors (Lipinski definition) is 1. The van der Waals surface area contributed by atoms with Crippen LogP contribution in [-0.2, 0) is 19.6 Å². The van der Waals surface area contributed by atoms with Crippen LogP contribution in [0.1, 0.15) is 37.4 Å². The lowest BCUT2D eigenvalue weighted by Gasteiger charge is -2.31. The molecule has 2 aromatic heterocycles. The molecule has 0 saturated carbocycles. The summed E-state index contributed by atoms with van der Waals surface area (Å²) in [5.41, 5.74) is 2.45. The van der Waals surface area contributed by atoms with Gasteiger partial charge in [0.25, 0.3) is 0 Å². The van der Waals surface area contributed by atoms with E-state index in [2.05, 4.69) is 43.0 Å². The molecule has 6 nitrogen and oxygen atoms in total. The third-order valence-corrected chi connectivity index (χ3v) is 4.53. The molecular formula is C17H26N6. The zero-order valence-electron chi connectivity index (χ0n) is 13.9. The fourth-order valence-electron chi connectivity index (χ4n) is 3.31. The van der Waals surface area contributed by atoms with Crippen LogP contribution in [0.3, 0.4) is 0 Å². The normalized spacial score (nSPS) is 19.0. The molecule has 3 heterocycles. The molecule has 1 fully saturated rings. The molecule has 2 aromatic rings. The largest absolute Gasteiger partial charge is 0.317 e. The molecule has 0 aliphatic carbocycles. The lowest BCUT2D eigenvalue weighted by Crippen LogP contribution is -2.35. The van der Waals surface area contributed by atoms with Crippen molar-refractivity contribution in [2.45, 2.75) is 51.9 Å². The Morgan fingerprint density at radius 3 is 2.91 bits per heavy atom. The summed E-state index contributed by atoms with van der Waals surface area (Å²) in [7, 11) is 0. The molecule has 124 valence electrons. The zero-order valence-corrected chi connectivity index (χ0v) is 13.9. The van der Waals surface area contributed by atoms with E-state index >= 15 is 0 Å². The maximum absolute atomic E-state index is 4.41. The van der Waals surface area contributed by atoms with Crippen LogP contribution in [0.15, 0.2) is 31.0 Å². The molecule has 1 aliphatic heterocycles. The number of nitrogens with one attached hydrogen (secondary N) is 1. The van der Waals surface area contributed by atoms with Crippen LogP contribution in [0.4, 0.5) is 0 Å². The van der Waals surface area contributed by atoms with Gasteiger partial charge in [-0.1, -0.05) is 0 Å². The number of aryl methyl sites for hydroxylation is 1. The Balaban J connectivity index is 1.77. The third-order valence-electron chi connectivity index (χ3n) is 4.53. The molecule has 3 rings (SSSR count). The molecule has 0 unspecified atom stereocenters. The second-order valence-corrected chi connectivity index (χ2v) is 6.12. The minimum absolute atomic E-state index is 0.588. The molecule has 6 heteroatoms. The number of hydrogen-bond acceptors (Lipinski definition) is 5. The van der Waals surface area contributed by atoms with Gasteiger partial charge in [0.1, 0.15) is 6.33 Å². The van der Waals surface area contributed by atoms with Crippen LogP contribution in [0, 0.1) is 0 Å². The topological polar surface area (TPSA) is 58.9 Å². The van der Waals surface area contributed by atoms with Crippen molar-refractivity contribution in [2.24, 2.45) is 0 Å². The van der Waals surface area contributed by atoms with E-state index in [9.17, 15) is 0 Å². The predicted octanol–water partition coefficient (Wildman–Crippen LogP) is 1.84. The summed E-state index contributed by atoms with van der Waals surface area (Å²) in [4.78, 5) is 10.9. The first-order valence-electron chi connectivity index (χ1n) is 8.56. The Morgan fingerprint density at radius 2 is 2.09 bits per heavy atom. The standard InChI is InChI=1S/C17H26N6/c1-2-23-17(6-9-21-23)13-22(12-15-10-19-14-20-11-15)16-4-3-7-18-8-5-16/h6,9-11,14,16,18H,2-5,7-8,12-13H2,1H3/t16-/m1/s1. The van der Waals surface area contributed by atoms with Gasteiger partial charge in [0.2, 0.25) is 0 Å². The van der Waals surface area contributed by atoms with Gasteiger partial charge in [-0.15, -0.1) is 0 Å². The van der Waals surface area contributed by atoms with Gasteiger partial charge < -0.3 is 5.32 Å². The Kier molecular flexibility index (Phi) is 5.71. The van der Waals surface area contributed by atoms with Gasteiger partial charge in [-0.2, -0.15) is 5.10 Å². The van der Waals surface area contributed by atoms with E-state index in [1.165, 1.54) is 30.5 Å². The highest BCUT2D eigenvalue weighted by Gasteiger charge is 2.21. The lowest BCUT2D eigenvalue weighted by atomic mass is 10.1. The monoisotopic (exact) mass is 314 g/mol. The minimum atomic E-state index is 0.588. The molecule has 0 bridgehead atoms. The molecular weight excluding hydrogens is 288 g/mol. The summed E-state index contributed by atoms with van der Waals surface area (Å²) in [6, 6.07) is 2.72. The minimum Gasteiger partial charge on any atom is -0.317 e. The quantitative estimate of drug-likeness (QED) is 0.881. The van der Waals surface area contributed by atoms with E-state index in [4.69, 9.17) is 0 Å². The Labute approximate surface area is 137 Å². The highest BCUT2D eigenvalue weighted by atomic mass is 15.3. The van der Waals surface area contributed by atoms with E-state index in [-0.39, 0.29) is 0 Å². The van der Waals surface area contributed by atoms with E-state index in [1.807, 2.05) is 18.6 Å². The maximum atomic E-state index is 4.41. The van der Waals surface area contributed by atoms with Crippen molar-refractivity contribution < 1.29 is 0 Å². The van der Waals surface area contributed by atoms with E-state index in [0.29, 0.717) is 6.04 Å². The van der Waals surface area contributed by atoms with Gasteiger partial charge in [-0.25, -0.2) is 9.97 Å². The Morgan fingerprint density at radius 1 is 1.22 bits per heavy atom. The summed E-state index contributed by atoms with van der Waals surface area (Å²) >= 11 is 0. The van der Waals surface area contributed by atoms with Gasteiger partial charge in [0.15, 0.2) is 0 Å². The summed E-state index contributed by atoms with van der Waals surface area (Å²) < 4.78 is 2.09. The fourth-order valence-corrected chi connectivity index (χ4v) is 3.31. The predicted molar refractivity (Wildman–Crippen MR) is 89.7 cm³/mol. The van der Waals surface area contributed by atoms with Crippen molar-refractivity contribution in [1.82, 2.24) is 30.0 Å². The first kappa shape index (κ1) is 16.1. The Hall–Kier alpha value is -1.79. The molecule has 1 N–H and O–H groups in total. The van der Waals surface area contributed by atoms with Crippen molar-refractivity contribution in [3.05, 3.63) is 42.2 Å². The molecule has 0 aromatic carbocycles. The fraction of sp³-hybridized carbons (Fsp3) is 0.588. The van der Waals surface area contributed by atoms with Crippen LogP contribution >= 0.6 is 0 Å². The summed E-state index contributed by atoms with van der Waals surface area (Å²) in [6.45, 7) is 7.09. The van der Waals surface area contributed by atoms with Crippen LogP contribution in [-0.4, -0.2) is 43.8 Å². The van der Waals surface area contributed by atoms with E-state index in [1.54, 1.807) is 6.33 Å². The van der Waals surface area contributed by atoms with Crippen molar-refractivity contribution >= 4 is 0 Å². The first-order valence-corrected chi connectivity index (χ1v) is 8.56.